The van der Waals surface area contributed by atoms with Crippen LogP contribution in [-0.2, 0) is 13.0 Å². The Morgan fingerprint density at radius 1 is 1.13 bits per heavy atom. The van der Waals surface area contributed by atoms with Crippen molar-refractivity contribution < 1.29 is 9.18 Å². The van der Waals surface area contributed by atoms with E-state index in [4.69, 9.17) is 0 Å². The number of nitrogens with zero attached hydrogens (tertiary/aromatic N) is 1. The van der Waals surface area contributed by atoms with E-state index in [9.17, 15) is 9.18 Å². The fourth-order valence-corrected chi connectivity index (χ4v) is 3.32. The van der Waals surface area contributed by atoms with Crippen molar-refractivity contribution in [1.29, 1.82) is 0 Å². The average molecular weight is 308 g/mol. The molecule has 3 aromatic rings. The zero-order chi connectivity index (χ0) is 15.8. The lowest BCUT2D eigenvalue weighted by molar-refractivity contribution is 0.0746. The van der Waals surface area contributed by atoms with Gasteiger partial charge in [0.1, 0.15) is 5.82 Å². The number of H-pyrrole nitrogens is 1. The third-order valence-corrected chi connectivity index (χ3v) is 4.47. The number of nitrogens with one attached hydrogen (secondary N) is 1. The highest BCUT2D eigenvalue weighted by atomic mass is 19.1. The largest absolute Gasteiger partial charge is 0.358 e. The Balaban J connectivity index is 1.73. The summed E-state index contributed by atoms with van der Waals surface area (Å²) in [5, 5.41) is 0.882. The number of benzene rings is 2. The molecule has 1 N–H and O–H groups in total. The minimum Gasteiger partial charge on any atom is -0.358 e. The highest BCUT2D eigenvalue weighted by molar-refractivity contribution is 5.94. The van der Waals surface area contributed by atoms with Crippen LogP contribution in [0.3, 0.4) is 0 Å². The van der Waals surface area contributed by atoms with Gasteiger partial charge in [-0.3, -0.25) is 4.79 Å². The van der Waals surface area contributed by atoms with Gasteiger partial charge in [0.05, 0.1) is 0 Å². The van der Waals surface area contributed by atoms with Crippen molar-refractivity contribution in [3.63, 3.8) is 0 Å². The molecule has 23 heavy (non-hydrogen) atoms. The molecule has 4 heteroatoms. The first kappa shape index (κ1) is 14.0. The van der Waals surface area contributed by atoms with Crippen molar-refractivity contribution in [2.75, 3.05) is 6.54 Å². The van der Waals surface area contributed by atoms with Gasteiger partial charge in [-0.05, 0) is 43.2 Å². The molecule has 0 radical (unpaired) electrons. The van der Waals surface area contributed by atoms with Crippen LogP contribution in [0.5, 0.6) is 0 Å². The van der Waals surface area contributed by atoms with Gasteiger partial charge in [0.15, 0.2) is 0 Å². The lowest BCUT2D eigenvalue weighted by Crippen LogP contribution is -2.30. The number of hydrogen-bond acceptors (Lipinski definition) is 1. The Morgan fingerprint density at radius 2 is 1.96 bits per heavy atom. The Kier molecular flexibility index (Phi) is 3.37. The minimum absolute atomic E-state index is 0.0317. The predicted octanol–water partition coefficient (Wildman–Crippen LogP) is 3.90. The molecule has 0 fully saturated rings. The van der Waals surface area contributed by atoms with Crippen LogP contribution in [0.1, 0.15) is 28.0 Å². The van der Waals surface area contributed by atoms with Crippen LogP contribution in [0.4, 0.5) is 4.39 Å². The SMILES string of the molecule is O=C(c1ccccc1)N1CCCc2[nH]c3ccc(F)cc3c2C1. The number of hydrogen-bond donors (Lipinski definition) is 1. The second kappa shape index (κ2) is 5.54. The number of amides is 1. The predicted molar refractivity (Wildman–Crippen MR) is 87.8 cm³/mol. The van der Waals surface area contributed by atoms with Crippen molar-refractivity contribution in [3.8, 4) is 0 Å². The maximum absolute atomic E-state index is 13.6. The van der Waals surface area contributed by atoms with Gasteiger partial charge < -0.3 is 9.88 Å². The van der Waals surface area contributed by atoms with Crippen molar-refractivity contribution >= 4 is 16.8 Å². The van der Waals surface area contributed by atoms with Gasteiger partial charge >= 0.3 is 0 Å². The van der Waals surface area contributed by atoms with E-state index >= 15 is 0 Å². The molecule has 1 aliphatic heterocycles. The van der Waals surface area contributed by atoms with E-state index in [1.165, 1.54) is 6.07 Å². The first-order valence-corrected chi connectivity index (χ1v) is 7.85. The number of aromatic nitrogens is 1. The number of fused-ring (bicyclic) bond motifs is 3. The van der Waals surface area contributed by atoms with Crippen LogP contribution in [0.15, 0.2) is 48.5 Å². The molecule has 116 valence electrons. The molecule has 0 saturated carbocycles. The maximum atomic E-state index is 13.6. The average Bonchev–Trinajstić information content (AvgIpc) is 2.77. The molecule has 3 nitrogen and oxygen atoms in total. The molecular weight excluding hydrogens is 291 g/mol. The normalized spacial score (nSPS) is 14.6. The van der Waals surface area contributed by atoms with Gasteiger partial charge in [-0.25, -0.2) is 4.39 Å². The molecule has 1 amide bonds. The third kappa shape index (κ3) is 2.50. The molecule has 0 saturated heterocycles. The van der Waals surface area contributed by atoms with Crippen LogP contribution < -0.4 is 0 Å². The lowest BCUT2D eigenvalue weighted by atomic mass is 10.1. The fourth-order valence-electron chi connectivity index (χ4n) is 3.32. The standard InChI is InChI=1S/C19H17FN2O/c20-14-8-9-18-15(11-14)16-12-22(10-4-7-17(16)21-18)19(23)13-5-2-1-3-6-13/h1-3,5-6,8-9,11,21H,4,7,10,12H2. The lowest BCUT2D eigenvalue weighted by Gasteiger charge is -2.20. The van der Waals surface area contributed by atoms with Gasteiger partial charge in [-0.2, -0.15) is 0 Å². The van der Waals surface area contributed by atoms with Gasteiger partial charge in [-0.1, -0.05) is 18.2 Å². The van der Waals surface area contributed by atoms with Crippen molar-refractivity contribution in [2.45, 2.75) is 19.4 Å². The zero-order valence-electron chi connectivity index (χ0n) is 12.7. The van der Waals surface area contributed by atoms with Crippen molar-refractivity contribution in [2.24, 2.45) is 0 Å². The first-order valence-electron chi connectivity index (χ1n) is 7.85. The van der Waals surface area contributed by atoms with Crippen LogP contribution in [-0.4, -0.2) is 22.3 Å². The van der Waals surface area contributed by atoms with E-state index in [-0.39, 0.29) is 11.7 Å². The number of aromatic amines is 1. The van der Waals surface area contributed by atoms with E-state index in [2.05, 4.69) is 4.98 Å². The monoisotopic (exact) mass is 308 g/mol. The maximum Gasteiger partial charge on any atom is 0.254 e. The Morgan fingerprint density at radius 3 is 2.78 bits per heavy atom. The Bertz CT molecular complexity index is 870. The van der Waals surface area contributed by atoms with E-state index in [1.54, 1.807) is 12.1 Å². The Labute approximate surface area is 133 Å². The van der Waals surface area contributed by atoms with Gasteiger partial charge in [0, 0.05) is 40.8 Å². The molecule has 2 heterocycles. The summed E-state index contributed by atoms with van der Waals surface area (Å²) in [6, 6.07) is 14.1. The number of aryl methyl sites for hydroxylation is 1. The van der Waals surface area contributed by atoms with Crippen molar-refractivity contribution in [3.05, 3.63) is 71.2 Å². The smallest absolute Gasteiger partial charge is 0.254 e. The summed E-state index contributed by atoms with van der Waals surface area (Å²) in [6.45, 7) is 1.24. The first-order chi connectivity index (χ1) is 11.2. The van der Waals surface area contributed by atoms with Crippen LogP contribution in [0.25, 0.3) is 10.9 Å². The Hall–Kier alpha value is -2.62. The van der Waals surface area contributed by atoms with E-state index in [0.29, 0.717) is 18.7 Å². The molecule has 0 unspecified atom stereocenters. The molecule has 4 rings (SSSR count). The van der Waals surface area contributed by atoms with E-state index in [0.717, 1.165) is 35.0 Å². The van der Waals surface area contributed by atoms with Crippen molar-refractivity contribution in [1.82, 2.24) is 9.88 Å². The second-order valence-corrected chi connectivity index (χ2v) is 5.97. The fraction of sp³-hybridized carbons (Fsp3) is 0.211. The molecule has 0 spiro atoms. The summed E-state index contributed by atoms with van der Waals surface area (Å²) in [5.41, 5.74) is 3.79. The number of halogens is 1. The highest BCUT2D eigenvalue weighted by Crippen LogP contribution is 2.28. The summed E-state index contributed by atoms with van der Waals surface area (Å²) in [5.74, 6) is -0.214. The molecule has 1 aromatic heterocycles. The number of rotatable bonds is 1. The third-order valence-electron chi connectivity index (χ3n) is 4.47. The molecule has 0 atom stereocenters. The van der Waals surface area contributed by atoms with Crippen LogP contribution in [0.2, 0.25) is 0 Å². The quantitative estimate of drug-likeness (QED) is 0.727. The van der Waals surface area contributed by atoms with Gasteiger partial charge in [0.2, 0.25) is 0 Å². The molecular formula is C19H17FN2O. The number of carbonyl (C=O) groups is 1. The molecule has 0 aliphatic carbocycles. The molecule has 0 bridgehead atoms. The topological polar surface area (TPSA) is 36.1 Å². The summed E-state index contributed by atoms with van der Waals surface area (Å²) in [7, 11) is 0. The minimum atomic E-state index is -0.246. The summed E-state index contributed by atoms with van der Waals surface area (Å²) in [6.07, 6.45) is 1.78. The summed E-state index contributed by atoms with van der Waals surface area (Å²) < 4.78 is 13.6. The van der Waals surface area contributed by atoms with Gasteiger partial charge in [-0.15, -0.1) is 0 Å². The van der Waals surface area contributed by atoms with Crippen LogP contribution in [0, 0.1) is 5.82 Å². The van der Waals surface area contributed by atoms with Gasteiger partial charge in [0.25, 0.3) is 5.91 Å². The highest BCUT2D eigenvalue weighted by Gasteiger charge is 2.23. The molecule has 1 aliphatic rings. The van der Waals surface area contributed by atoms with E-state index in [1.807, 2.05) is 35.2 Å². The zero-order valence-corrected chi connectivity index (χ0v) is 12.7. The van der Waals surface area contributed by atoms with E-state index < -0.39 is 0 Å². The summed E-state index contributed by atoms with van der Waals surface area (Å²) in [4.78, 5) is 18.0. The number of carbonyl (C=O) groups excluding carboxylic acids is 1. The second-order valence-electron chi connectivity index (χ2n) is 5.97. The van der Waals surface area contributed by atoms with Crippen LogP contribution >= 0.6 is 0 Å². The summed E-state index contributed by atoms with van der Waals surface area (Å²) >= 11 is 0. The molecule has 2 aromatic carbocycles.